The predicted molar refractivity (Wildman–Crippen MR) is 93.7 cm³/mol. The van der Waals surface area contributed by atoms with Crippen LogP contribution in [0.1, 0.15) is 16.8 Å². The number of nitrogens with one attached hydrogen (secondary N) is 2. The quantitative estimate of drug-likeness (QED) is 0.683. The molecule has 0 bridgehead atoms. The number of quaternary nitrogens is 1. The van der Waals surface area contributed by atoms with Gasteiger partial charge in [-0.15, -0.1) is 0 Å². The maximum Gasteiger partial charge on any atom is 0.256 e. The van der Waals surface area contributed by atoms with E-state index in [0.717, 1.165) is 49.5 Å². The Hall–Kier alpha value is -2.18. The van der Waals surface area contributed by atoms with Crippen LogP contribution in [0.15, 0.2) is 35.1 Å². The van der Waals surface area contributed by atoms with Crippen molar-refractivity contribution >= 4 is 5.95 Å². The first-order valence-corrected chi connectivity index (χ1v) is 8.50. The van der Waals surface area contributed by atoms with Crippen LogP contribution in [0.2, 0.25) is 0 Å². The lowest BCUT2D eigenvalue weighted by atomic mass is 10.1. The number of nitrogens with zero attached hydrogens (tertiary/aromatic N) is 2. The van der Waals surface area contributed by atoms with Gasteiger partial charge in [-0.25, -0.2) is 4.98 Å². The lowest BCUT2D eigenvalue weighted by Crippen LogP contribution is -3.15. The number of rotatable bonds is 5. The zero-order valence-corrected chi connectivity index (χ0v) is 14.1. The molecule has 1 aliphatic heterocycles. The summed E-state index contributed by atoms with van der Waals surface area (Å²) in [7, 11) is 0. The van der Waals surface area contributed by atoms with Gasteiger partial charge in [0.25, 0.3) is 5.56 Å². The highest BCUT2D eigenvalue weighted by atomic mass is 16.3. The molecule has 24 heavy (non-hydrogen) atoms. The Morgan fingerprint density at radius 1 is 1.25 bits per heavy atom. The molecular formula is C18H25N4O2+. The summed E-state index contributed by atoms with van der Waals surface area (Å²) in [6, 6.07) is 9.98. The molecule has 128 valence electrons. The molecule has 0 unspecified atom stereocenters. The summed E-state index contributed by atoms with van der Waals surface area (Å²) in [5, 5.41) is 9.03. The van der Waals surface area contributed by atoms with Gasteiger partial charge >= 0.3 is 0 Å². The molecule has 6 heteroatoms. The minimum absolute atomic E-state index is 0.0495. The number of aliphatic hydroxyl groups is 1. The first kappa shape index (κ1) is 16.7. The van der Waals surface area contributed by atoms with Crippen LogP contribution >= 0.6 is 0 Å². The minimum Gasteiger partial charge on any atom is -0.391 e. The lowest BCUT2D eigenvalue weighted by Gasteiger charge is -2.32. The normalized spacial score (nSPS) is 15.7. The topological polar surface area (TPSA) is 73.7 Å². The fraction of sp³-hybridized carbons (Fsp3) is 0.444. The summed E-state index contributed by atoms with van der Waals surface area (Å²) < 4.78 is 0. The smallest absolute Gasteiger partial charge is 0.256 e. The molecule has 1 aromatic heterocycles. The van der Waals surface area contributed by atoms with Gasteiger partial charge in [-0.3, -0.25) is 9.78 Å². The summed E-state index contributed by atoms with van der Waals surface area (Å²) in [4.78, 5) is 23.6. The largest absolute Gasteiger partial charge is 0.391 e. The van der Waals surface area contributed by atoms with Gasteiger partial charge in [0.1, 0.15) is 6.54 Å². The summed E-state index contributed by atoms with van der Waals surface area (Å²) in [6.07, 6.45) is 0.601. The Bertz CT molecular complexity index is 722. The third-order valence-electron chi connectivity index (χ3n) is 4.67. The average Bonchev–Trinajstić information content (AvgIpc) is 2.60. The second-order valence-electron chi connectivity index (χ2n) is 6.33. The minimum atomic E-state index is -0.0495. The van der Waals surface area contributed by atoms with Crippen molar-refractivity contribution in [2.24, 2.45) is 0 Å². The van der Waals surface area contributed by atoms with Gasteiger partial charge in [-0.1, -0.05) is 30.3 Å². The van der Waals surface area contributed by atoms with Crippen LogP contribution < -0.4 is 15.4 Å². The zero-order valence-electron chi connectivity index (χ0n) is 14.1. The number of aromatic amines is 1. The molecule has 1 aliphatic rings. The molecule has 0 saturated carbocycles. The van der Waals surface area contributed by atoms with Crippen LogP contribution in [0.3, 0.4) is 0 Å². The maximum atomic E-state index is 12.5. The second-order valence-corrected chi connectivity index (χ2v) is 6.33. The van der Waals surface area contributed by atoms with E-state index in [2.05, 4.69) is 14.9 Å². The summed E-state index contributed by atoms with van der Waals surface area (Å²) in [5.74, 6) is 0.664. The number of aromatic nitrogens is 2. The molecule has 6 nitrogen and oxygen atoms in total. The van der Waals surface area contributed by atoms with Gasteiger partial charge in [0.2, 0.25) is 5.95 Å². The number of hydrogen-bond donors (Lipinski definition) is 3. The van der Waals surface area contributed by atoms with Crippen LogP contribution in [0.4, 0.5) is 5.95 Å². The van der Waals surface area contributed by atoms with Crippen molar-refractivity contribution < 1.29 is 10.0 Å². The molecule has 0 aliphatic carbocycles. The van der Waals surface area contributed by atoms with E-state index < -0.39 is 0 Å². The van der Waals surface area contributed by atoms with Crippen LogP contribution in [-0.2, 0) is 6.42 Å². The van der Waals surface area contributed by atoms with Crippen molar-refractivity contribution in [1.29, 1.82) is 0 Å². The summed E-state index contributed by atoms with van der Waals surface area (Å²) in [6.45, 7) is 6.50. The number of hydrogen-bond acceptors (Lipinski definition) is 4. The van der Waals surface area contributed by atoms with Gasteiger partial charge in [0.05, 0.1) is 38.5 Å². The Morgan fingerprint density at radius 2 is 1.96 bits per heavy atom. The summed E-state index contributed by atoms with van der Waals surface area (Å²) in [5.41, 5.74) is 2.59. The average molecular weight is 329 g/mol. The number of aryl methyl sites for hydroxylation is 1. The van der Waals surface area contributed by atoms with Crippen molar-refractivity contribution in [3.63, 3.8) is 0 Å². The Labute approximate surface area is 141 Å². The van der Waals surface area contributed by atoms with Crippen molar-refractivity contribution in [1.82, 2.24) is 9.97 Å². The number of anilines is 1. The van der Waals surface area contributed by atoms with E-state index in [4.69, 9.17) is 5.11 Å². The van der Waals surface area contributed by atoms with Gasteiger partial charge in [0, 0.05) is 12.0 Å². The third kappa shape index (κ3) is 3.83. The fourth-order valence-corrected chi connectivity index (χ4v) is 3.20. The standard InChI is InChI=1S/C18H24N4O2/c1-14-16(13-15-5-3-2-4-6-15)17(24)20-18(19-14)22-9-7-21(8-10-22)11-12-23/h2-6,23H,7-13H2,1H3,(H,19,20,24)/p+1. The van der Waals surface area contributed by atoms with Crippen LogP contribution in [-0.4, -0.2) is 54.4 Å². The molecule has 0 atom stereocenters. The van der Waals surface area contributed by atoms with E-state index in [1.807, 2.05) is 37.3 Å². The molecule has 0 spiro atoms. The van der Waals surface area contributed by atoms with Crippen molar-refractivity contribution in [3.8, 4) is 0 Å². The van der Waals surface area contributed by atoms with E-state index in [-0.39, 0.29) is 12.2 Å². The van der Waals surface area contributed by atoms with E-state index in [9.17, 15) is 4.79 Å². The molecular weight excluding hydrogens is 304 g/mol. The Kier molecular flexibility index (Phi) is 5.27. The van der Waals surface area contributed by atoms with E-state index >= 15 is 0 Å². The fourth-order valence-electron chi connectivity index (χ4n) is 3.20. The molecule has 1 aromatic carbocycles. The van der Waals surface area contributed by atoms with Crippen molar-refractivity contribution in [3.05, 3.63) is 57.5 Å². The Morgan fingerprint density at radius 3 is 2.58 bits per heavy atom. The van der Waals surface area contributed by atoms with Gasteiger partial charge in [-0.05, 0) is 12.5 Å². The van der Waals surface area contributed by atoms with E-state index in [1.54, 1.807) is 0 Å². The van der Waals surface area contributed by atoms with Crippen LogP contribution in [0.5, 0.6) is 0 Å². The molecule has 3 N–H and O–H groups in total. The van der Waals surface area contributed by atoms with Gasteiger partial charge in [-0.2, -0.15) is 0 Å². The number of piperazine rings is 1. The number of H-pyrrole nitrogens is 1. The predicted octanol–water partition coefficient (Wildman–Crippen LogP) is -0.634. The van der Waals surface area contributed by atoms with E-state index in [0.29, 0.717) is 12.4 Å². The van der Waals surface area contributed by atoms with Crippen LogP contribution in [0.25, 0.3) is 0 Å². The molecule has 1 saturated heterocycles. The molecule has 0 amide bonds. The first-order valence-electron chi connectivity index (χ1n) is 8.50. The molecule has 2 aromatic rings. The number of benzene rings is 1. The molecule has 0 radical (unpaired) electrons. The van der Waals surface area contributed by atoms with Crippen LogP contribution in [0, 0.1) is 6.92 Å². The van der Waals surface area contributed by atoms with Gasteiger partial charge < -0.3 is 14.9 Å². The van der Waals surface area contributed by atoms with Crippen molar-refractivity contribution in [2.75, 3.05) is 44.2 Å². The first-order chi connectivity index (χ1) is 11.7. The van der Waals surface area contributed by atoms with E-state index in [1.165, 1.54) is 4.90 Å². The lowest BCUT2D eigenvalue weighted by molar-refractivity contribution is -0.900. The zero-order chi connectivity index (χ0) is 16.9. The highest BCUT2D eigenvalue weighted by Crippen LogP contribution is 2.12. The SMILES string of the molecule is Cc1nc(N2CC[NH+](CCO)CC2)[nH]c(=O)c1Cc1ccccc1. The maximum absolute atomic E-state index is 12.5. The molecule has 3 rings (SSSR count). The molecule has 2 heterocycles. The highest BCUT2D eigenvalue weighted by Gasteiger charge is 2.22. The number of aliphatic hydroxyl groups excluding tert-OH is 1. The molecule has 1 fully saturated rings. The van der Waals surface area contributed by atoms with Gasteiger partial charge in [0.15, 0.2) is 0 Å². The third-order valence-corrected chi connectivity index (χ3v) is 4.67. The Balaban J connectivity index is 1.74. The monoisotopic (exact) mass is 329 g/mol. The second kappa shape index (κ2) is 7.59. The summed E-state index contributed by atoms with van der Waals surface area (Å²) >= 11 is 0. The highest BCUT2D eigenvalue weighted by molar-refractivity contribution is 5.35. The van der Waals surface area contributed by atoms with Crippen molar-refractivity contribution in [2.45, 2.75) is 13.3 Å².